The van der Waals surface area contributed by atoms with Crippen LogP contribution in [0.5, 0.6) is 0 Å². The quantitative estimate of drug-likeness (QED) is 0.781. The van der Waals surface area contributed by atoms with Crippen molar-refractivity contribution in [2.24, 2.45) is 7.05 Å². The fourth-order valence-electron chi connectivity index (χ4n) is 2.85. The lowest BCUT2D eigenvalue weighted by Crippen LogP contribution is -2.38. The van der Waals surface area contributed by atoms with Gasteiger partial charge in [0.1, 0.15) is 5.56 Å². The van der Waals surface area contributed by atoms with Gasteiger partial charge in [0.05, 0.1) is 12.8 Å². The molecule has 1 aliphatic rings. The molecule has 1 aliphatic heterocycles. The lowest BCUT2D eigenvalue weighted by atomic mass is 9.99. The summed E-state index contributed by atoms with van der Waals surface area (Å²) < 4.78 is 6.51. The molecule has 0 radical (unpaired) electrons. The number of carbonyl (C=O) groups excluding carboxylic acids is 1. The Morgan fingerprint density at radius 1 is 1.53 bits per heavy atom. The van der Waals surface area contributed by atoms with Crippen LogP contribution in [0, 0.1) is 0 Å². The fourth-order valence-corrected chi connectivity index (χ4v) is 2.85. The van der Waals surface area contributed by atoms with Crippen LogP contribution in [-0.4, -0.2) is 40.3 Å². The van der Waals surface area contributed by atoms with Crippen LogP contribution in [-0.2, 0) is 18.3 Å². The second-order valence-electron chi connectivity index (χ2n) is 5.18. The average Bonchev–Trinajstić information content (AvgIpc) is 2.79. The Kier molecular flexibility index (Phi) is 4.58. The normalized spacial score (nSPS) is 20.5. The molecule has 0 saturated carbocycles. The molecule has 5 heteroatoms. The predicted molar refractivity (Wildman–Crippen MR) is 72.9 cm³/mol. The number of carbonyl (C=O) groups is 1. The number of methoxy groups -OCH3 is 1. The Labute approximate surface area is 114 Å². The van der Waals surface area contributed by atoms with Crippen molar-refractivity contribution in [3.05, 3.63) is 17.5 Å². The third kappa shape index (κ3) is 3.15. The van der Waals surface area contributed by atoms with Crippen molar-refractivity contribution in [1.29, 1.82) is 0 Å². The number of aromatic nitrogens is 2. The van der Waals surface area contributed by atoms with Crippen LogP contribution in [0.4, 0.5) is 0 Å². The van der Waals surface area contributed by atoms with Gasteiger partial charge in [-0.2, -0.15) is 5.10 Å². The lowest BCUT2D eigenvalue weighted by Gasteiger charge is -2.34. The maximum atomic E-state index is 11.7. The van der Waals surface area contributed by atoms with Crippen LogP contribution >= 0.6 is 0 Å². The SMILES string of the molecule is CCC1CCCCN1Cc1nn(C)cc1C(=O)OC. The maximum Gasteiger partial charge on any atom is 0.341 e. The molecule has 1 aromatic heterocycles. The Bertz CT molecular complexity index is 442. The Morgan fingerprint density at radius 2 is 2.32 bits per heavy atom. The van der Waals surface area contributed by atoms with Gasteiger partial charge in [-0.1, -0.05) is 13.3 Å². The molecule has 0 N–H and O–H groups in total. The summed E-state index contributed by atoms with van der Waals surface area (Å²) in [7, 11) is 3.25. The van der Waals surface area contributed by atoms with E-state index >= 15 is 0 Å². The number of esters is 1. The van der Waals surface area contributed by atoms with E-state index < -0.39 is 0 Å². The van der Waals surface area contributed by atoms with E-state index in [1.54, 1.807) is 10.9 Å². The first-order valence-electron chi connectivity index (χ1n) is 7.00. The predicted octanol–water partition coefficient (Wildman–Crippen LogP) is 1.97. The Morgan fingerprint density at radius 3 is 3.00 bits per heavy atom. The average molecular weight is 265 g/mol. The first-order valence-corrected chi connectivity index (χ1v) is 7.00. The number of ether oxygens (including phenoxy) is 1. The van der Waals surface area contributed by atoms with Gasteiger partial charge in [0, 0.05) is 25.8 Å². The minimum absolute atomic E-state index is 0.298. The Balaban J connectivity index is 2.15. The number of hydrogen-bond acceptors (Lipinski definition) is 4. The van der Waals surface area contributed by atoms with E-state index in [9.17, 15) is 4.79 Å². The highest BCUT2D eigenvalue weighted by Crippen LogP contribution is 2.22. The van der Waals surface area contributed by atoms with Gasteiger partial charge in [-0.3, -0.25) is 9.58 Å². The van der Waals surface area contributed by atoms with E-state index in [2.05, 4.69) is 16.9 Å². The summed E-state index contributed by atoms with van der Waals surface area (Å²) in [5.41, 5.74) is 1.42. The van der Waals surface area contributed by atoms with Gasteiger partial charge in [0.25, 0.3) is 0 Å². The summed E-state index contributed by atoms with van der Waals surface area (Å²) in [6, 6.07) is 0.612. The first-order chi connectivity index (χ1) is 9.15. The highest BCUT2D eigenvalue weighted by atomic mass is 16.5. The summed E-state index contributed by atoms with van der Waals surface area (Å²) in [6.07, 6.45) is 6.68. The largest absolute Gasteiger partial charge is 0.465 e. The number of hydrogen-bond donors (Lipinski definition) is 0. The molecule has 1 atom stereocenters. The van der Waals surface area contributed by atoms with E-state index in [1.165, 1.54) is 26.4 Å². The molecular formula is C14H23N3O2. The van der Waals surface area contributed by atoms with Crippen molar-refractivity contribution in [3.8, 4) is 0 Å². The number of likely N-dealkylation sites (tertiary alicyclic amines) is 1. The van der Waals surface area contributed by atoms with Crippen LogP contribution in [0.3, 0.4) is 0 Å². The zero-order valence-corrected chi connectivity index (χ0v) is 12.1. The lowest BCUT2D eigenvalue weighted by molar-refractivity contribution is 0.0596. The van der Waals surface area contributed by atoms with Crippen LogP contribution in [0.25, 0.3) is 0 Å². The maximum absolute atomic E-state index is 11.7. The minimum atomic E-state index is -0.298. The molecule has 106 valence electrons. The Hall–Kier alpha value is -1.36. The highest BCUT2D eigenvalue weighted by Gasteiger charge is 2.24. The van der Waals surface area contributed by atoms with Gasteiger partial charge in [0.15, 0.2) is 0 Å². The van der Waals surface area contributed by atoms with E-state index in [4.69, 9.17) is 4.74 Å². The van der Waals surface area contributed by atoms with Crippen molar-refractivity contribution in [3.63, 3.8) is 0 Å². The molecule has 1 fully saturated rings. The molecule has 19 heavy (non-hydrogen) atoms. The molecular weight excluding hydrogens is 242 g/mol. The molecule has 0 aromatic carbocycles. The van der Waals surface area contributed by atoms with Crippen LogP contribution in [0.1, 0.15) is 48.7 Å². The molecule has 0 spiro atoms. The summed E-state index contributed by atoms with van der Waals surface area (Å²) in [4.78, 5) is 14.2. The fraction of sp³-hybridized carbons (Fsp3) is 0.714. The zero-order valence-electron chi connectivity index (χ0n) is 12.1. The van der Waals surface area contributed by atoms with Gasteiger partial charge < -0.3 is 4.74 Å². The number of aryl methyl sites for hydroxylation is 1. The van der Waals surface area contributed by atoms with Crippen LogP contribution in [0.2, 0.25) is 0 Å². The van der Waals surface area contributed by atoms with Gasteiger partial charge in [0.2, 0.25) is 0 Å². The molecule has 1 aromatic rings. The van der Waals surface area contributed by atoms with Gasteiger partial charge >= 0.3 is 5.97 Å². The summed E-state index contributed by atoms with van der Waals surface area (Å²) in [5.74, 6) is -0.298. The summed E-state index contributed by atoms with van der Waals surface area (Å²) in [5, 5.41) is 4.42. The van der Waals surface area contributed by atoms with Crippen LogP contribution in [0.15, 0.2) is 6.20 Å². The van der Waals surface area contributed by atoms with Gasteiger partial charge in [-0.05, 0) is 25.8 Å². The third-order valence-corrected chi connectivity index (χ3v) is 3.88. The number of piperidine rings is 1. The summed E-state index contributed by atoms with van der Waals surface area (Å²) in [6.45, 7) is 4.06. The zero-order chi connectivity index (χ0) is 13.8. The molecule has 2 rings (SSSR count). The molecule has 1 saturated heterocycles. The van der Waals surface area contributed by atoms with Gasteiger partial charge in [-0.15, -0.1) is 0 Å². The second-order valence-corrected chi connectivity index (χ2v) is 5.18. The smallest absolute Gasteiger partial charge is 0.341 e. The van der Waals surface area contributed by atoms with Crippen molar-refractivity contribution < 1.29 is 9.53 Å². The third-order valence-electron chi connectivity index (χ3n) is 3.88. The number of rotatable bonds is 4. The first kappa shape index (κ1) is 14.1. The molecule has 0 amide bonds. The van der Waals surface area contributed by atoms with Gasteiger partial charge in [-0.25, -0.2) is 4.79 Å². The highest BCUT2D eigenvalue weighted by molar-refractivity contribution is 5.90. The molecule has 0 bridgehead atoms. The van der Waals surface area contributed by atoms with Crippen molar-refractivity contribution in [2.75, 3.05) is 13.7 Å². The van der Waals surface area contributed by atoms with Crippen LogP contribution < -0.4 is 0 Å². The van der Waals surface area contributed by atoms with E-state index in [1.807, 2.05) is 7.05 Å². The monoisotopic (exact) mass is 265 g/mol. The standard InChI is InChI=1S/C14H23N3O2/c1-4-11-7-5-6-8-17(11)10-13-12(14(18)19-3)9-16(2)15-13/h9,11H,4-8,10H2,1-3H3. The molecule has 2 heterocycles. The molecule has 0 aliphatic carbocycles. The van der Waals surface area contributed by atoms with Crippen molar-refractivity contribution in [2.45, 2.75) is 45.2 Å². The van der Waals surface area contributed by atoms with Crippen molar-refractivity contribution in [1.82, 2.24) is 14.7 Å². The van der Waals surface area contributed by atoms with E-state index in [-0.39, 0.29) is 5.97 Å². The topological polar surface area (TPSA) is 47.4 Å². The second kappa shape index (κ2) is 6.19. The summed E-state index contributed by atoms with van der Waals surface area (Å²) >= 11 is 0. The number of nitrogens with zero attached hydrogens (tertiary/aromatic N) is 3. The van der Waals surface area contributed by atoms with E-state index in [0.717, 1.165) is 25.2 Å². The van der Waals surface area contributed by atoms with Crippen molar-refractivity contribution >= 4 is 5.97 Å². The molecule has 1 unspecified atom stereocenters. The van der Waals surface area contributed by atoms with E-state index in [0.29, 0.717) is 11.6 Å². The minimum Gasteiger partial charge on any atom is -0.465 e. The molecule has 5 nitrogen and oxygen atoms in total.